The van der Waals surface area contributed by atoms with Crippen molar-refractivity contribution in [3.05, 3.63) is 53.6 Å². The third-order valence-electron chi connectivity index (χ3n) is 3.47. The van der Waals surface area contributed by atoms with Gasteiger partial charge < -0.3 is 4.98 Å². The Bertz CT molecular complexity index is 763. The lowest BCUT2D eigenvalue weighted by atomic mass is 9.96. The van der Waals surface area contributed by atoms with Gasteiger partial charge in [-0.05, 0) is 37.5 Å². The summed E-state index contributed by atoms with van der Waals surface area (Å²) < 4.78 is 26.3. The van der Waals surface area contributed by atoms with E-state index in [9.17, 15) is 8.42 Å². The molecule has 118 valence electrons. The molecule has 6 heteroatoms. The third-order valence-corrected chi connectivity index (χ3v) is 4.76. The molecule has 0 fully saturated rings. The second kappa shape index (κ2) is 6.79. The molecule has 5 nitrogen and oxygen atoms in total. The van der Waals surface area contributed by atoms with Crippen LogP contribution >= 0.6 is 0 Å². The van der Waals surface area contributed by atoms with Crippen molar-refractivity contribution in [2.24, 2.45) is 0 Å². The number of aromatic amines is 1. The number of rotatable bonds is 6. The molecule has 0 saturated heterocycles. The van der Waals surface area contributed by atoms with E-state index < -0.39 is 10.0 Å². The van der Waals surface area contributed by atoms with Crippen LogP contribution in [0.4, 0.5) is 5.69 Å². The highest BCUT2D eigenvalue weighted by Crippen LogP contribution is 2.29. The molecule has 22 heavy (non-hydrogen) atoms. The molecule has 0 aliphatic carbocycles. The van der Waals surface area contributed by atoms with E-state index >= 15 is 0 Å². The van der Waals surface area contributed by atoms with Crippen LogP contribution in [0.5, 0.6) is 0 Å². The highest BCUT2D eigenvalue weighted by molar-refractivity contribution is 7.92. The third kappa shape index (κ3) is 3.57. The molecule has 0 radical (unpaired) electrons. The first kappa shape index (κ1) is 16.3. The normalized spacial score (nSPS) is 12.4. The largest absolute Gasteiger partial charge is 0.345 e. The molecule has 0 aliphatic heterocycles. The number of H-pyrrole nitrogens is 1. The van der Waals surface area contributed by atoms with Gasteiger partial charge in [0.15, 0.2) is 0 Å². The van der Waals surface area contributed by atoms with Crippen molar-refractivity contribution in [3.63, 3.8) is 0 Å². The number of hydrogen-bond acceptors (Lipinski definition) is 3. The van der Waals surface area contributed by atoms with E-state index in [4.69, 9.17) is 0 Å². The summed E-state index contributed by atoms with van der Waals surface area (Å²) in [6.45, 7) is 5.60. The van der Waals surface area contributed by atoms with Crippen LogP contribution in [0.15, 0.2) is 36.8 Å². The molecule has 0 atom stereocenters. The smallest absolute Gasteiger partial charge is 0.232 e. The van der Waals surface area contributed by atoms with Crippen LogP contribution in [-0.2, 0) is 10.0 Å². The molecule has 0 unspecified atom stereocenters. The number of hydrogen-bond donors (Lipinski definition) is 2. The first-order chi connectivity index (χ1) is 10.5. The summed E-state index contributed by atoms with van der Waals surface area (Å²) in [6, 6.07) is 5.62. The molecule has 1 heterocycles. The Morgan fingerprint density at radius 3 is 2.73 bits per heavy atom. The van der Waals surface area contributed by atoms with E-state index in [-0.39, 0.29) is 5.75 Å². The average Bonchev–Trinajstić information content (AvgIpc) is 3.01. The number of sulfonamides is 1. The standard InChI is InChI=1S/C16H21N3O2S/c1-4-7-14(16-10-17-11-18-16)13-8-6-9-15(12(13)3)19-22(20,21)5-2/h6-11,19H,4-5H2,1-3H3,(H,17,18). The van der Waals surface area contributed by atoms with Crippen molar-refractivity contribution in [1.82, 2.24) is 9.97 Å². The van der Waals surface area contributed by atoms with E-state index in [2.05, 4.69) is 27.7 Å². The maximum atomic E-state index is 11.8. The molecule has 2 rings (SSSR count). The minimum atomic E-state index is -3.29. The van der Waals surface area contributed by atoms with Crippen LogP contribution < -0.4 is 4.72 Å². The fraction of sp³-hybridized carbons (Fsp3) is 0.312. The van der Waals surface area contributed by atoms with Gasteiger partial charge in [-0.3, -0.25) is 4.72 Å². The molecule has 0 aliphatic rings. The summed E-state index contributed by atoms with van der Waals surface area (Å²) in [4.78, 5) is 7.18. The quantitative estimate of drug-likeness (QED) is 0.857. The van der Waals surface area contributed by atoms with Gasteiger partial charge in [-0.2, -0.15) is 0 Å². The Morgan fingerprint density at radius 2 is 2.14 bits per heavy atom. The predicted molar refractivity (Wildman–Crippen MR) is 90.2 cm³/mol. The summed E-state index contributed by atoms with van der Waals surface area (Å²) in [6.07, 6.45) is 6.38. The minimum absolute atomic E-state index is 0.0505. The fourth-order valence-electron chi connectivity index (χ4n) is 2.25. The Labute approximate surface area is 131 Å². The number of imidazole rings is 1. The molecular formula is C16H21N3O2S. The Balaban J connectivity index is 2.50. The van der Waals surface area contributed by atoms with Crippen molar-refractivity contribution in [3.8, 4) is 0 Å². The van der Waals surface area contributed by atoms with Crippen molar-refractivity contribution < 1.29 is 8.42 Å². The van der Waals surface area contributed by atoms with E-state index in [1.165, 1.54) is 0 Å². The second-order valence-corrected chi connectivity index (χ2v) is 6.99. The molecule has 1 aromatic heterocycles. The van der Waals surface area contributed by atoms with Gasteiger partial charge in [-0.1, -0.05) is 25.1 Å². The molecule has 0 bridgehead atoms. The zero-order chi connectivity index (χ0) is 16.2. The highest BCUT2D eigenvalue weighted by atomic mass is 32.2. The maximum absolute atomic E-state index is 11.8. The first-order valence-corrected chi connectivity index (χ1v) is 8.93. The summed E-state index contributed by atoms with van der Waals surface area (Å²) >= 11 is 0. The van der Waals surface area contributed by atoms with E-state index in [1.54, 1.807) is 25.5 Å². The summed E-state index contributed by atoms with van der Waals surface area (Å²) in [7, 11) is -3.29. The number of aromatic nitrogens is 2. The minimum Gasteiger partial charge on any atom is -0.345 e. The zero-order valence-corrected chi connectivity index (χ0v) is 13.9. The predicted octanol–water partition coefficient (Wildman–Crippen LogP) is 3.32. The number of anilines is 1. The summed E-state index contributed by atoms with van der Waals surface area (Å²) in [5.74, 6) is 0.0505. The summed E-state index contributed by atoms with van der Waals surface area (Å²) in [5.41, 5.74) is 4.44. The molecular weight excluding hydrogens is 298 g/mol. The SMILES string of the molecule is CCC=C(c1cnc[nH]1)c1cccc(NS(=O)(=O)CC)c1C. The monoisotopic (exact) mass is 319 g/mol. The van der Waals surface area contributed by atoms with Gasteiger partial charge in [0.05, 0.1) is 29.7 Å². The number of nitrogens with zero attached hydrogens (tertiary/aromatic N) is 1. The molecule has 1 aromatic carbocycles. The molecule has 2 aromatic rings. The molecule has 2 N–H and O–H groups in total. The topological polar surface area (TPSA) is 74.8 Å². The van der Waals surface area contributed by atoms with Crippen LogP contribution in [0.3, 0.4) is 0 Å². The van der Waals surface area contributed by atoms with Crippen LogP contribution in [0, 0.1) is 6.92 Å². The van der Waals surface area contributed by atoms with Crippen molar-refractivity contribution in [1.29, 1.82) is 0 Å². The maximum Gasteiger partial charge on any atom is 0.232 e. The van der Waals surface area contributed by atoms with Crippen molar-refractivity contribution in [2.75, 3.05) is 10.5 Å². The number of nitrogens with one attached hydrogen (secondary N) is 2. The number of benzene rings is 1. The fourth-order valence-corrected chi connectivity index (χ4v) is 2.95. The van der Waals surface area contributed by atoms with Gasteiger partial charge in [0, 0.05) is 5.57 Å². The number of allylic oxidation sites excluding steroid dienone is 1. The van der Waals surface area contributed by atoms with Gasteiger partial charge in [0.25, 0.3) is 0 Å². The van der Waals surface area contributed by atoms with E-state index in [0.717, 1.165) is 28.8 Å². The van der Waals surface area contributed by atoms with Crippen LogP contribution in [0.2, 0.25) is 0 Å². The van der Waals surface area contributed by atoms with Crippen LogP contribution in [0.1, 0.15) is 37.1 Å². The highest BCUT2D eigenvalue weighted by Gasteiger charge is 2.14. The second-order valence-electron chi connectivity index (χ2n) is 4.97. The Morgan fingerprint density at radius 1 is 1.36 bits per heavy atom. The lowest BCUT2D eigenvalue weighted by Crippen LogP contribution is -2.15. The van der Waals surface area contributed by atoms with Gasteiger partial charge in [-0.15, -0.1) is 0 Å². The lowest BCUT2D eigenvalue weighted by Gasteiger charge is -2.15. The van der Waals surface area contributed by atoms with E-state index in [0.29, 0.717) is 5.69 Å². The molecule has 0 spiro atoms. The zero-order valence-electron chi connectivity index (χ0n) is 13.1. The molecule has 0 saturated carbocycles. The van der Waals surface area contributed by atoms with Crippen LogP contribution in [-0.4, -0.2) is 24.1 Å². The van der Waals surface area contributed by atoms with Gasteiger partial charge in [-0.25, -0.2) is 13.4 Å². The summed E-state index contributed by atoms with van der Waals surface area (Å²) in [5, 5.41) is 0. The Kier molecular flexibility index (Phi) is 5.03. The van der Waals surface area contributed by atoms with E-state index in [1.807, 2.05) is 19.1 Å². The van der Waals surface area contributed by atoms with Crippen molar-refractivity contribution >= 4 is 21.3 Å². The van der Waals surface area contributed by atoms with Gasteiger partial charge >= 0.3 is 0 Å². The lowest BCUT2D eigenvalue weighted by molar-refractivity contribution is 0.602. The van der Waals surface area contributed by atoms with Gasteiger partial charge in [0.2, 0.25) is 10.0 Å². The Hall–Kier alpha value is -2.08. The first-order valence-electron chi connectivity index (χ1n) is 7.28. The molecule has 0 amide bonds. The van der Waals surface area contributed by atoms with Gasteiger partial charge in [0.1, 0.15) is 0 Å². The average molecular weight is 319 g/mol. The van der Waals surface area contributed by atoms with Crippen LogP contribution in [0.25, 0.3) is 5.57 Å². The van der Waals surface area contributed by atoms with Crippen molar-refractivity contribution in [2.45, 2.75) is 27.2 Å².